The van der Waals surface area contributed by atoms with Gasteiger partial charge in [-0.15, -0.1) is 0 Å². The van der Waals surface area contributed by atoms with E-state index in [1.54, 1.807) is 0 Å². The van der Waals surface area contributed by atoms with Crippen molar-refractivity contribution in [3.05, 3.63) is 64.8 Å². The highest BCUT2D eigenvalue weighted by Gasteiger charge is 2.79. The topological polar surface area (TPSA) is 132 Å². The summed E-state index contributed by atoms with van der Waals surface area (Å²) in [6.45, 7) is 13.7. The Labute approximate surface area is 278 Å². The highest BCUT2D eigenvalue weighted by Crippen LogP contribution is 2.79. The van der Waals surface area contributed by atoms with Crippen LogP contribution in [0, 0.1) is 45.3 Å². The molecule has 0 heterocycles. The molecule has 1 aromatic rings. The normalized spacial score (nSPS) is 42.3. The second-order valence-corrected chi connectivity index (χ2v) is 16.9. The standard InChI is InChI=1S/C40H52O7/c1-23(19-26(41)20-24(2)34(44)45)28-21-39(46)17-18-40(47)27(14-13-25-11-9-8-10-12-25)32-35(3,4)30(43)15-16-36(32,5)31-29(42)22-37(28,6)38(39,7)33(31)40/h8-14,20,23,26-28,32,41,46-47H,15-19,21-22H2,1-7H3,(H,44,45)/b14-13+,24-20+/t23-,26+,27+,28-,32-,36-,37-,38+,39+,40-/m1/s1. The molecule has 0 amide bonds. The molecule has 3 fully saturated rings. The number of carbonyl (C=O) groups is 3. The Morgan fingerprint density at radius 3 is 2.32 bits per heavy atom. The number of rotatable bonds is 7. The summed E-state index contributed by atoms with van der Waals surface area (Å²) in [6, 6.07) is 9.92. The van der Waals surface area contributed by atoms with Crippen molar-refractivity contribution in [1.82, 2.24) is 0 Å². The average Bonchev–Trinajstić information content (AvgIpc) is 3.17. The van der Waals surface area contributed by atoms with Crippen molar-refractivity contribution in [2.45, 2.75) is 111 Å². The quantitative estimate of drug-likeness (QED) is 0.256. The van der Waals surface area contributed by atoms with Crippen molar-refractivity contribution >= 4 is 23.6 Å². The number of hydrogen-bond donors (Lipinski definition) is 4. The molecule has 10 atom stereocenters. The fourth-order valence-electron chi connectivity index (χ4n) is 11.9. The number of carboxylic acids is 1. The van der Waals surface area contributed by atoms with Crippen molar-refractivity contribution in [3.63, 3.8) is 0 Å². The predicted octanol–water partition coefficient (Wildman–Crippen LogP) is 6.32. The van der Waals surface area contributed by atoms with E-state index in [4.69, 9.17) is 0 Å². The third-order valence-electron chi connectivity index (χ3n) is 14.3. The first-order valence-corrected chi connectivity index (χ1v) is 17.4. The van der Waals surface area contributed by atoms with Gasteiger partial charge in [0.05, 0.1) is 17.3 Å². The van der Waals surface area contributed by atoms with Crippen molar-refractivity contribution in [2.75, 3.05) is 0 Å². The molecule has 5 aliphatic carbocycles. The van der Waals surface area contributed by atoms with Gasteiger partial charge in [0.1, 0.15) is 5.78 Å². The second kappa shape index (κ2) is 10.8. The first-order chi connectivity index (χ1) is 21.8. The molecule has 0 saturated heterocycles. The van der Waals surface area contributed by atoms with E-state index in [-0.39, 0.29) is 47.7 Å². The molecule has 0 aliphatic heterocycles. The molecule has 1 aromatic carbocycles. The van der Waals surface area contributed by atoms with Gasteiger partial charge in [-0.3, -0.25) is 9.59 Å². The Balaban J connectivity index is 1.54. The van der Waals surface area contributed by atoms with Crippen LogP contribution >= 0.6 is 0 Å². The first kappa shape index (κ1) is 34.0. The fourth-order valence-corrected chi connectivity index (χ4v) is 11.9. The number of aliphatic hydroxyl groups excluding tert-OH is 1. The van der Waals surface area contributed by atoms with Crippen LogP contribution in [0.4, 0.5) is 0 Å². The SMILES string of the molecule is C/C(=C\[C@@H](O)C[C@@H](C)[C@H]1C[C@@]2(O)CC[C@]3(O)C4=C(C(=O)C[C@@]1(C)[C@]42C)[C@@]1(C)CCC(=O)C(C)(C)[C@H]1[C@@H]3/C=C/c1ccccc1)C(=O)O. The van der Waals surface area contributed by atoms with Gasteiger partial charge in [0.25, 0.3) is 0 Å². The lowest BCUT2D eigenvalue weighted by Gasteiger charge is -2.69. The Hall–Kier alpha value is -2.87. The van der Waals surface area contributed by atoms with Crippen molar-refractivity contribution in [1.29, 1.82) is 0 Å². The number of Topliss-reactive ketones (excluding diaryl/α,β-unsaturated/α-hetero) is 2. The first-order valence-electron chi connectivity index (χ1n) is 17.4. The molecule has 6 rings (SSSR count). The van der Waals surface area contributed by atoms with Crippen molar-refractivity contribution in [3.8, 4) is 0 Å². The maximum absolute atomic E-state index is 14.8. The molecular weight excluding hydrogens is 592 g/mol. The van der Waals surface area contributed by atoms with Gasteiger partial charge in [-0.05, 0) is 79.4 Å². The number of benzene rings is 1. The molecule has 0 aromatic heterocycles. The molecule has 47 heavy (non-hydrogen) atoms. The minimum Gasteiger partial charge on any atom is -0.478 e. The zero-order valence-corrected chi connectivity index (χ0v) is 29.0. The highest BCUT2D eigenvalue weighted by molar-refractivity contribution is 6.01. The number of ketones is 2. The van der Waals surface area contributed by atoms with Gasteiger partial charge in [-0.1, -0.05) is 84.0 Å². The average molecular weight is 645 g/mol. The van der Waals surface area contributed by atoms with Crippen LogP contribution in [-0.4, -0.2) is 55.3 Å². The van der Waals surface area contributed by atoms with Crippen LogP contribution in [-0.2, 0) is 14.4 Å². The van der Waals surface area contributed by atoms with Crippen LogP contribution in [0.25, 0.3) is 6.08 Å². The summed E-state index contributed by atoms with van der Waals surface area (Å²) in [4.78, 5) is 39.9. The van der Waals surface area contributed by atoms with Gasteiger partial charge in [-0.2, -0.15) is 0 Å². The van der Waals surface area contributed by atoms with Crippen LogP contribution in [0.5, 0.6) is 0 Å². The van der Waals surface area contributed by atoms with Gasteiger partial charge in [0.2, 0.25) is 0 Å². The van der Waals surface area contributed by atoms with E-state index in [2.05, 4.69) is 26.8 Å². The van der Waals surface area contributed by atoms with E-state index < -0.39 is 50.9 Å². The molecule has 7 heteroatoms. The second-order valence-electron chi connectivity index (χ2n) is 16.9. The molecule has 0 unspecified atom stereocenters. The number of allylic oxidation sites excluding steroid dienone is 1. The number of carboxylic acid groups (broad SMARTS) is 1. The van der Waals surface area contributed by atoms with E-state index in [1.165, 1.54) is 13.0 Å². The largest absolute Gasteiger partial charge is 0.478 e. The van der Waals surface area contributed by atoms with Gasteiger partial charge in [0.15, 0.2) is 5.78 Å². The molecule has 0 bridgehead atoms. The highest BCUT2D eigenvalue weighted by atomic mass is 16.4. The minimum absolute atomic E-state index is 0.00736. The Morgan fingerprint density at radius 2 is 1.68 bits per heavy atom. The van der Waals surface area contributed by atoms with E-state index in [0.29, 0.717) is 43.3 Å². The van der Waals surface area contributed by atoms with Gasteiger partial charge < -0.3 is 20.4 Å². The lowest BCUT2D eigenvalue weighted by molar-refractivity contribution is -0.190. The summed E-state index contributed by atoms with van der Waals surface area (Å²) in [5, 5.41) is 46.4. The van der Waals surface area contributed by atoms with Crippen LogP contribution in [0.1, 0.15) is 99.0 Å². The number of hydrogen-bond acceptors (Lipinski definition) is 6. The summed E-state index contributed by atoms with van der Waals surface area (Å²) in [7, 11) is 0. The van der Waals surface area contributed by atoms with Crippen LogP contribution in [0.15, 0.2) is 59.2 Å². The number of aliphatic carboxylic acids is 1. The molecule has 4 N–H and O–H groups in total. The lowest BCUT2D eigenvalue weighted by atomic mass is 9.35. The van der Waals surface area contributed by atoms with Gasteiger partial charge in [-0.25, -0.2) is 4.79 Å². The third kappa shape index (κ3) is 4.51. The maximum Gasteiger partial charge on any atom is 0.331 e. The monoisotopic (exact) mass is 644 g/mol. The molecule has 3 saturated carbocycles. The Bertz CT molecular complexity index is 1600. The summed E-state index contributed by atoms with van der Waals surface area (Å²) >= 11 is 0. The van der Waals surface area contributed by atoms with Crippen molar-refractivity contribution < 1.29 is 34.8 Å². The zero-order chi connectivity index (χ0) is 34.5. The number of carbonyl (C=O) groups excluding carboxylic acids is 2. The van der Waals surface area contributed by atoms with Crippen LogP contribution in [0.2, 0.25) is 0 Å². The Morgan fingerprint density at radius 1 is 1.02 bits per heavy atom. The number of fused-ring (bicyclic) bond motifs is 2. The molecule has 254 valence electrons. The molecular formula is C40H52O7. The molecule has 0 radical (unpaired) electrons. The lowest BCUT2D eigenvalue weighted by Crippen LogP contribution is -2.71. The zero-order valence-electron chi connectivity index (χ0n) is 29.0. The fraction of sp³-hybridized carbons (Fsp3) is 0.625. The minimum atomic E-state index is -1.45. The van der Waals surface area contributed by atoms with E-state index >= 15 is 0 Å². The van der Waals surface area contributed by atoms with Gasteiger partial charge >= 0.3 is 5.97 Å². The smallest absolute Gasteiger partial charge is 0.331 e. The summed E-state index contributed by atoms with van der Waals surface area (Å²) in [5.41, 5.74) is -3.39. The van der Waals surface area contributed by atoms with Crippen LogP contribution < -0.4 is 0 Å². The predicted molar refractivity (Wildman–Crippen MR) is 180 cm³/mol. The summed E-state index contributed by atoms with van der Waals surface area (Å²) in [6.07, 6.45) is 6.90. The molecule has 5 aliphatic rings. The van der Waals surface area contributed by atoms with Crippen molar-refractivity contribution in [2.24, 2.45) is 45.3 Å². The van der Waals surface area contributed by atoms with Gasteiger partial charge in [0, 0.05) is 46.2 Å². The number of aliphatic hydroxyl groups is 3. The van der Waals surface area contributed by atoms with E-state index in [9.17, 15) is 34.8 Å². The third-order valence-corrected chi connectivity index (χ3v) is 14.3. The Kier molecular flexibility index (Phi) is 7.83. The van der Waals surface area contributed by atoms with Crippen LogP contribution in [0.3, 0.4) is 0 Å². The molecule has 0 spiro atoms. The summed E-state index contributed by atoms with van der Waals surface area (Å²) < 4.78 is 0. The summed E-state index contributed by atoms with van der Waals surface area (Å²) in [5.74, 6) is -2.04. The molecule has 7 nitrogen and oxygen atoms in total. The maximum atomic E-state index is 14.8. The van der Waals surface area contributed by atoms with E-state index in [1.807, 2.05) is 57.2 Å². The van der Waals surface area contributed by atoms with E-state index in [0.717, 1.165) is 5.56 Å².